The number of carboxylic acids is 1. The van der Waals surface area contributed by atoms with E-state index in [-0.39, 0.29) is 37.1 Å². The molecule has 0 bridgehead atoms. The van der Waals surface area contributed by atoms with Gasteiger partial charge in [0.1, 0.15) is 35.6 Å². The van der Waals surface area contributed by atoms with Crippen molar-refractivity contribution >= 4 is 47.3 Å². The summed E-state index contributed by atoms with van der Waals surface area (Å²) in [6.45, 7) is 6.89. The highest BCUT2D eigenvalue weighted by Gasteiger charge is 2.46. The quantitative estimate of drug-likeness (QED) is 0.152. The maximum Gasteiger partial charge on any atom is 0.313 e. The molecule has 13 heteroatoms. The fourth-order valence-electron chi connectivity index (χ4n) is 8.59. The number of carbonyl (C=O) groups excluding carboxylic acids is 2. The molecule has 4 aliphatic heterocycles. The van der Waals surface area contributed by atoms with Crippen molar-refractivity contribution in [1.82, 2.24) is 0 Å². The SMILES string of the molecule is COc1cc2c(cc1OCc1cc(COC3C=C4N=C[C@@H]5Cc6ccccc6N5C(=O)C4=CC3OC)cc(OC(C)(C)C(C)(C)C(=O)O)c1)N=C[C@@H]1Cc3ccccc3N1C2=O. The fraction of sp³-hybridized carbons (Fsp3) is 0.327. The summed E-state index contributed by atoms with van der Waals surface area (Å²) in [5, 5.41) is 10.1. The molecule has 1 aliphatic carbocycles. The van der Waals surface area contributed by atoms with Gasteiger partial charge in [-0.25, -0.2) is 0 Å². The van der Waals surface area contributed by atoms with Crippen molar-refractivity contribution < 1.29 is 43.2 Å². The Morgan fingerprint density at radius 1 is 0.758 bits per heavy atom. The van der Waals surface area contributed by atoms with Crippen LogP contribution in [0.25, 0.3) is 0 Å². The highest BCUT2D eigenvalue weighted by atomic mass is 16.5. The molecule has 62 heavy (non-hydrogen) atoms. The minimum Gasteiger partial charge on any atom is -0.493 e. The van der Waals surface area contributed by atoms with E-state index in [4.69, 9.17) is 33.7 Å². The summed E-state index contributed by atoms with van der Waals surface area (Å²) in [4.78, 5) is 53.4. The van der Waals surface area contributed by atoms with Gasteiger partial charge >= 0.3 is 5.97 Å². The van der Waals surface area contributed by atoms with E-state index in [2.05, 4.69) is 0 Å². The van der Waals surface area contributed by atoms with E-state index in [0.717, 1.165) is 28.1 Å². The number of carbonyl (C=O) groups is 3. The zero-order valence-corrected chi connectivity index (χ0v) is 35.5. The number of benzene rings is 4. The maximum atomic E-state index is 14.0. The molecule has 318 valence electrons. The smallest absolute Gasteiger partial charge is 0.313 e. The number of para-hydroxylation sites is 2. The molecule has 9 rings (SSSR count). The fourth-order valence-corrected chi connectivity index (χ4v) is 8.59. The molecule has 0 spiro atoms. The van der Waals surface area contributed by atoms with Crippen LogP contribution in [0.15, 0.2) is 112 Å². The lowest BCUT2D eigenvalue weighted by Gasteiger charge is -2.38. The minimum atomic E-state index is -1.25. The largest absolute Gasteiger partial charge is 0.493 e. The number of nitrogens with zero attached hydrogens (tertiary/aromatic N) is 4. The molecule has 0 fully saturated rings. The summed E-state index contributed by atoms with van der Waals surface area (Å²) in [7, 11) is 3.10. The predicted molar refractivity (Wildman–Crippen MR) is 234 cm³/mol. The van der Waals surface area contributed by atoms with Crippen molar-refractivity contribution in [2.45, 2.75) is 83.6 Å². The molecule has 4 atom stereocenters. The maximum absolute atomic E-state index is 14.0. The number of rotatable bonds is 12. The number of ether oxygens (including phenoxy) is 5. The van der Waals surface area contributed by atoms with E-state index >= 15 is 0 Å². The lowest BCUT2D eigenvalue weighted by Crippen LogP contribution is -2.49. The van der Waals surface area contributed by atoms with E-state index < -0.39 is 29.2 Å². The first-order chi connectivity index (χ1) is 29.8. The average molecular weight is 837 g/mol. The Morgan fingerprint density at radius 2 is 1.39 bits per heavy atom. The first kappa shape index (κ1) is 40.8. The number of carboxylic acid groups (broad SMARTS) is 1. The van der Waals surface area contributed by atoms with Gasteiger partial charge in [-0.05, 0) is 98.5 Å². The summed E-state index contributed by atoms with van der Waals surface area (Å²) in [5.74, 6) is -0.136. The molecule has 0 saturated carbocycles. The summed E-state index contributed by atoms with van der Waals surface area (Å²) < 4.78 is 31.0. The van der Waals surface area contributed by atoms with Gasteiger partial charge in [-0.2, -0.15) is 0 Å². The molecule has 0 saturated heterocycles. The molecule has 2 amide bonds. The Balaban J connectivity index is 0.980. The number of anilines is 2. The Kier molecular flexibility index (Phi) is 10.3. The molecule has 4 aromatic carbocycles. The molecule has 13 nitrogen and oxygen atoms in total. The van der Waals surface area contributed by atoms with Crippen LogP contribution in [0.1, 0.15) is 60.3 Å². The number of fused-ring (bicyclic) bond motifs is 8. The van der Waals surface area contributed by atoms with Crippen molar-refractivity contribution in [2.75, 3.05) is 24.0 Å². The Hall–Kier alpha value is -6.57. The van der Waals surface area contributed by atoms with Gasteiger partial charge < -0.3 is 28.8 Å². The molecule has 0 radical (unpaired) electrons. The first-order valence-corrected chi connectivity index (χ1v) is 20.7. The third-order valence-corrected chi connectivity index (χ3v) is 12.8. The lowest BCUT2D eigenvalue weighted by molar-refractivity contribution is -0.158. The van der Waals surface area contributed by atoms with Crippen molar-refractivity contribution in [3.63, 3.8) is 0 Å². The molecular formula is C49H48N4O9. The summed E-state index contributed by atoms with van der Waals surface area (Å²) in [5.41, 5.74) is 4.84. The Labute approximate surface area is 359 Å². The van der Waals surface area contributed by atoms with Gasteiger partial charge in [0, 0.05) is 49.8 Å². The second-order valence-corrected chi connectivity index (χ2v) is 17.2. The van der Waals surface area contributed by atoms with Crippen molar-refractivity contribution in [1.29, 1.82) is 0 Å². The van der Waals surface area contributed by atoms with E-state index in [1.54, 1.807) is 68.9 Å². The van der Waals surface area contributed by atoms with Crippen LogP contribution in [-0.4, -0.2) is 79.4 Å². The van der Waals surface area contributed by atoms with Crippen LogP contribution in [0.5, 0.6) is 17.2 Å². The van der Waals surface area contributed by atoms with Crippen LogP contribution in [0.4, 0.5) is 17.1 Å². The highest BCUT2D eigenvalue weighted by molar-refractivity contribution is 6.15. The summed E-state index contributed by atoms with van der Waals surface area (Å²) in [6.07, 6.45) is 7.44. The van der Waals surface area contributed by atoms with Crippen molar-refractivity contribution in [3.8, 4) is 17.2 Å². The van der Waals surface area contributed by atoms with Gasteiger partial charge in [-0.15, -0.1) is 0 Å². The van der Waals surface area contributed by atoms with E-state index in [1.165, 1.54) is 7.11 Å². The van der Waals surface area contributed by atoms with Crippen LogP contribution < -0.4 is 24.0 Å². The zero-order chi connectivity index (χ0) is 43.5. The molecular weight excluding hydrogens is 789 g/mol. The zero-order valence-electron chi connectivity index (χ0n) is 35.5. The van der Waals surface area contributed by atoms with E-state index in [1.807, 2.05) is 79.2 Å². The predicted octanol–water partition coefficient (Wildman–Crippen LogP) is 7.60. The van der Waals surface area contributed by atoms with Gasteiger partial charge in [0.05, 0.1) is 48.3 Å². The second kappa shape index (κ2) is 15.7. The number of aliphatic carboxylic acids is 1. The Morgan fingerprint density at radius 3 is 2.03 bits per heavy atom. The van der Waals surface area contributed by atoms with Crippen LogP contribution in [-0.2, 0) is 45.1 Å². The number of amides is 2. The normalized spacial score (nSPS) is 21.1. The molecule has 4 heterocycles. The van der Waals surface area contributed by atoms with Crippen LogP contribution in [0.2, 0.25) is 0 Å². The van der Waals surface area contributed by atoms with Gasteiger partial charge in [0.25, 0.3) is 11.8 Å². The third kappa shape index (κ3) is 7.14. The van der Waals surface area contributed by atoms with Crippen LogP contribution in [0.3, 0.4) is 0 Å². The number of methoxy groups -OCH3 is 2. The number of hydrogen-bond acceptors (Lipinski definition) is 10. The van der Waals surface area contributed by atoms with Gasteiger partial charge in [-0.1, -0.05) is 36.4 Å². The topological polar surface area (TPSA) is 149 Å². The minimum absolute atomic E-state index is 0.0553. The number of hydrogen-bond donors (Lipinski definition) is 1. The lowest BCUT2D eigenvalue weighted by atomic mass is 9.77. The highest BCUT2D eigenvalue weighted by Crippen LogP contribution is 2.42. The second-order valence-electron chi connectivity index (χ2n) is 17.2. The monoisotopic (exact) mass is 836 g/mol. The average Bonchev–Trinajstić information content (AvgIpc) is 3.75. The van der Waals surface area contributed by atoms with E-state index in [9.17, 15) is 19.5 Å². The molecule has 2 unspecified atom stereocenters. The van der Waals surface area contributed by atoms with Crippen molar-refractivity contribution in [3.05, 3.63) is 130 Å². The molecule has 4 aromatic rings. The summed E-state index contributed by atoms with van der Waals surface area (Å²) >= 11 is 0. The molecule has 0 aromatic heterocycles. The Bertz CT molecular complexity index is 2630. The molecule has 1 N–H and O–H groups in total. The summed E-state index contributed by atoms with van der Waals surface area (Å²) in [6, 6.07) is 24.3. The third-order valence-electron chi connectivity index (χ3n) is 12.8. The van der Waals surface area contributed by atoms with Gasteiger partial charge in [-0.3, -0.25) is 34.2 Å². The van der Waals surface area contributed by atoms with E-state index in [0.29, 0.717) is 58.2 Å². The number of aliphatic imine (C=N–C) groups is 2. The molecule has 5 aliphatic rings. The standard InChI is InChI=1S/C49H48N4O9/c1-48(2,47(56)57)49(3,4)62-34-16-28(26-60-43-22-37-35(20-41(43)58-5)45(54)52-32(24-50-37)18-30-11-7-9-13-39(30)52)15-29(17-34)27-61-44-23-38-36(21-42(44)59-6)46(55)53-33(25-51-38)19-31-12-8-10-14-40(31)53/h7-17,20-25,32-33,41,43H,18-19,26-27H2,1-6H3,(H,56,57)/t32-,33-,41?,43?/m0/s1. The van der Waals surface area contributed by atoms with Crippen LogP contribution >= 0.6 is 0 Å². The first-order valence-electron chi connectivity index (χ1n) is 20.7. The van der Waals surface area contributed by atoms with Gasteiger partial charge in [0.2, 0.25) is 0 Å². The van der Waals surface area contributed by atoms with Gasteiger partial charge in [0.15, 0.2) is 11.5 Å². The van der Waals surface area contributed by atoms with Crippen LogP contribution in [0, 0.1) is 5.41 Å². The van der Waals surface area contributed by atoms with Crippen molar-refractivity contribution in [2.24, 2.45) is 15.4 Å².